The van der Waals surface area contributed by atoms with Gasteiger partial charge in [0.15, 0.2) is 23.0 Å². The third kappa shape index (κ3) is 7.71. The molecule has 0 spiro atoms. The van der Waals surface area contributed by atoms with Gasteiger partial charge in [-0.1, -0.05) is 6.07 Å². The first kappa shape index (κ1) is 28.5. The van der Waals surface area contributed by atoms with Crippen LogP contribution in [0.15, 0.2) is 60.7 Å². The number of methoxy groups -OCH3 is 1. The molecule has 39 heavy (non-hydrogen) atoms. The van der Waals surface area contributed by atoms with Gasteiger partial charge in [-0.25, -0.2) is 0 Å². The average Bonchev–Trinajstić information content (AvgIpc) is 2.92. The van der Waals surface area contributed by atoms with Crippen molar-refractivity contribution in [1.82, 2.24) is 10.9 Å². The van der Waals surface area contributed by atoms with Gasteiger partial charge >= 0.3 is 5.97 Å². The Bertz CT molecular complexity index is 1370. The van der Waals surface area contributed by atoms with Gasteiger partial charge < -0.3 is 24.3 Å². The van der Waals surface area contributed by atoms with Gasteiger partial charge in [-0.15, -0.1) is 0 Å². The van der Waals surface area contributed by atoms with Crippen LogP contribution in [0.5, 0.6) is 23.0 Å². The third-order valence-electron chi connectivity index (χ3n) is 5.16. The van der Waals surface area contributed by atoms with Crippen molar-refractivity contribution in [2.75, 3.05) is 25.6 Å². The molecule has 0 aliphatic rings. The molecule has 0 aromatic heterocycles. The van der Waals surface area contributed by atoms with Crippen LogP contribution in [0.1, 0.15) is 51.8 Å². The van der Waals surface area contributed by atoms with Crippen molar-refractivity contribution in [3.05, 3.63) is 77.4 Å². The molecule has 0 atom stereocenters. The maximum Gasteiger partial charge on any atom is 0.308 e. The van der Waals surface area contributed by atoms with E-state index in [2.05, 4.69) is 16.2 Å². The van der Waals surface area contributed by atoms with Gasteiger partial charge in [0.1, 0.15) is 0 Å². The number of rotatable bonds is 10. The lowest BCUT2D eigenvalue weighted by Gasteiger charge is -2.13. The minimum Gasteiger partial charge on any atom is -0.493 e. The van der Waals surface area contributed by atoms with Gasteiger partial charge in [0.2, 0.25) is 0 Å². The molecule has 3 amide bonds. The van der Waals surface area contributed by atoms with Crippen molar-refractivity contribution >= 4 is 29.4 Å². The summed E-state index contributed by atoms with van der Waals surface area (Å²) in [7, 11) is 1.39. The highest BCUT2D eigenvalue weighted by Crippen LogP contribution is 2.29. The zero-order valence-electron chi connectivity index (χ0n) is 22.0. The van der Waals surface area contributed by atoms with Crippen molar-refractivity contribution < 1.29 is 38.1 Å². The summed E-state index contributed by atoms with van der Waals surface area (Å²) in [5.74, 6) is -0.825. The number of nitrogens with one attached hydrogen (secondary N) is 3. The summed E-state index contributed by atoms with van der Waals surface area (Å²) in [6.45, 7) is 5.75. The van der Waals surface area contributed by atoms with E-state index in [9.17, 15) is 19.2 Å². The number of ether oxygens (including phenoxy) is 4. The molecule has 0 radical (unpaired) electrons. The lowest BCUT2D eigenvalue weighted by atomic mass is 10.1. The van der Waals surface area contributed by atoms with Crippen LogP contribution >= 0.6 is 0 Å². The Labute approximate surface area is 225 Å². The van der Waals surface area contributed by atoms with E-state index in [4.69, 9.17) is 18.9 Å². The monoisotopic (exact) mass is 535 g/mol. The fraction of sp³-hybridized carbons (Fsp3) is 0.214. The molecule has 0 unspecified atom stereocenters. The van der Waals surface area contributed by atoms with Crippen LogP contribution in [0.25, 0.3) is 0 Å². The van der Waals surface area contributed by atoms with E-state index in [1.54, 1.807) is 24.3 Å². The topological polar surface area (TPSA) is 141 Å². The lowest BCUT2D eigenvalue weighted by Crippen LogP contribution is -2.41. The van der Waals surface area contributed by atoms with Gasteiger partial charge in [0.05, 0.1) is 20.3 Å². The minimum atomic E-state index is -0.595. The van der Waals surface area contributed by atoms with Crippen LogP contribution in [0.3, 0.4) is 0 Å². The first-order valence-electron chi connectivity index (χ1n) is 12.0. The predicted molar refractivity (Wildman–Crippen MR) is 142 cm³/mol. The largest absolute Gasteiger partial charge is 0.493 e. The van der Waals surface area contributed by atoms with E-state index in [1.807, 2.05) is 13.8 Å². The van der Waals surface area contributed by atoms with Crippen LogP contribution in [-0.4, -0.2) is 44.0 Å². The smallest absolute Gasteiger partial charge is 0.308 e. The van der Waals surface area contributed by atoms with Crippen molar-refractivity contribution in [3.8, 4) is 23.0 Å². The molecule has 0 bridgehead atoms. The summed E-state index contributed by atoms with van der Waals surface area (Å²) in [5.41, 5.74) is 5.76. The highest BCUT2D eigenvalue weighted by atomic mass is 16.6. The molecule has 11 nitrogen and oxygen atoms in total. The van der Waals surface area contributed by atoms with Crippen molar-refractivity contribution in [1.29, 1.82) is 0 Å². The summed E-state index contributed by atoms with van der Waals surface area (Å²) in [6.07, 6.45) is 0. The molecule has 0 saturated carbocycles. The minimum absolute atomic E-state index is 0.182. The molecular weight excluding hydrogens is 506 g/mol. The Morgan fingerprint density at radius 2 is 1.23 bits per heavy atom. The zero-order valence-corrected chi connectivity index (χ0v) is 22.0. The predicted octanol–water partition coefficient (Wildman–Crippen LogP) is 3.75. The number of esters is 1. The number of hydrazine groups is 1. The number of carbonyl (C=O) groups excluding carboxylic acids is 4. The van der Waals surface area contributed by atoms with E-state index in [1.165, 1.54) is 50.4 Å². The normalized spacial score (nSPS) is 10.2. The fourth-order valence-corrected chi connectivity index (χ4v) is 3.44. The second-order valence-electron chi connectivity index (χ2n) is 7.93. The third-order valence-corrected chi connectivity index (χ3v) is 5.16. The summed E-state index contributed by atoms with van der Waals surface area (Å²) in [6, 6.07) is 15.2. The quantitative estimate of drug-likeness (QED) is 0.203. The van der Waals surface area contributed by atoms with Crippen LogP contribution in [0.2, 0.25) is 0 Å². The Kier molecular flexibility index (Phi) is 9.85. The fourth-order valence-electron chi connectivity index (χ4n) is 3.44. The van der Waals surface area contributed by atoms with Crippen LogP contribution in [0.4, 0.5) is 5.69 Å². The molecule has 3 N–H and O–H groups in total. The van der Waals surface area contributed by atoms with Crippen molar-refractivity contribution in [2.24, 2.45) is 0 Å². The average molecular weight is 536 g/mol. The number of hydrogen-bond donors (Lipinski definition) is 3. The number of carbonyl (C=O) groups is 4. The van der Waals surface area contributed by atoms with E-state index >= 15 is 0 Å². The van der Waals surface area contributed by atoms with Crippen LogP contribution in [-0.2, 0) is 4.79 Å². The maximum atomic E-state index is 12.8. The first-order chi connectivity index (χ1) is 18.7. The van der Waals surface area contributed by atoms with E-state index in [-0.39, 0.29) is 28.2 Å². The second kappa shape index (κ2) is 13.5. The van der Waals surface area contributed by atoms with Crippen LogP contribution < -0.4 is 35.1 Å². The van der Waals surface area contributed by atoms with Crippen LogP contribution in [0, 0.1) is 0 Å². The van der Waals surface area contributed by atoms with Gasteiger partial charge in [-0.05, 0) is 68.4 Å². The van der Waals surface area contributed by atoms with Gasteiger partial charge in [-0.2, -0.15) is 0 Å². The highest BCUT2D eigenvalue weighted by Gasteiger charge is 2.15. The number of amides is 3. The summed E-state index contributed by atoms with van der Waals surface area (Å²) in [4.78, 5) is 49.2. The molecule has 0 aliphatic carbocycles. The summed E-state index contributed by atoms with van der Waals surface area (Å²) >= 11 is 0. The molecule has 0 fully saturated rings. The highest BCUT2D eigenvalue weighted by molar-refractivity contribution is 6.06. The standard InChI is InChI=1S/C28H29N3O8/c1-5-37-22-12-10-20(16-25(22)38-6-2)28(35)31-30-27(34)18-8-7-9-21(14-18)29-26(33)19-11-13-23(39-17(3)32)24(15-19)36-4/h7-16H,5-6H2,1-4H3,(H,29,33)(H,30,34)(H,31,35). The van der Waals surface area contributed by atoms with Gasteiger partial charge in [0, 0.05) is 29.3 Å². The molecule has 3 aromatic rings. The number of hydrogen-bond acceptors (Lipinski definition) is 8. The Morgan fingerprint density at radius 1 is 0.667 bits per heavy atom. The molecule has 3 rings (SSSR count). The van der Waals surface area contributed by atoms with Gasteiger partial charge in [0.25, 0.3) is 17.7 Å². The lowest BCUT2D eigenvalue weighted by molar-refractivity contribution is -0.132. The molecule has 204 valence electrons. The van der Waals surface area contributed by atoms with E-state index in [0.29, 0.717) is 30.4 Å². The van der Waals surface area contributed by atoms with Gasteiger partial charge in [-0.3, -0.25) is 30.0 Å². The number of benzene rings is 3. The maximum absolute atomic E-state index is 12.8. The van der Waals surface area contributed by atoms with Crippen molar-refractivity contribution in [2.45, 2.75) is 20.8 Å². The summed E-state index contributed by atoms with van der Waals surface area (Å²) in [5, 5.41) is 2.69. The summed E-state index contributed by atoms with van der Waals surface area (Å²) < 4.78 is 21.3. The Balaban J connectivity index is 1.65. The molecule has 0 aliphatic heterocycles. The Morgan fingerprint density at radius 3 is 1.85 bits per heavy atom. The first-order valence-corrected chi connectivity index (χ1v) is 12.0. The van der Waals surface area contributed by atoms with Crippen molar-refractivity contribution in [3.63, 3.8) is 0 Å². The second-order valence-corrected chi connectivity index (χ2v) is 7.93. The molecule has 0 heterocycles. The number of anilines is 1. The molecule has 0 saturated heterocycles. The van der Waals surface area contributed by atoms with E-state index in [0.717, 1.165) is 0 Å². The SMILES string of the molecule is CCOc1ccc(C(=O)NNC(=O)c2cccc(NC(=O)c3ccc(OC(C)=O)c(OC)c3)c2)cc1OCC. The van der Waals surface area contributed by atoms with E-state index < -0.39 is 23.7 Å². The molecule has 3 aromatic carbocycles. The molecule has 11 heteroatoms. The zero-order chi connectivity index (χ0) is 28.4. The molecular formula is C28H29N3O8. The Hall–Kier alpha value is -5.06.